The van der Waals surface area contributed by atoms with Crippen molar-refractivity contribution in [1.29, 1.82) is 0 Å². The Kier molecular flexibility index (Phi) is 2.81. The fourth-order valence-corrected chi connectivity index (χ4v) is 1.29. The minimum absolute atomic E-state index is 0.211. The van der Waals surface area contributed by atoms with Gasteiger partial charge in [-0.3, -0.25) is 10.1 Å². The van der Waals surface area contributed by atoms with Crippen molar-refractivity contribution in [2.75, 3.05) is 0 Å². The average molecular weight is 218 g/mol. The van der Waals surface area contributed by atoms with E-state index < -0.39 is 6.09 Å². The van der Waals surface area contributed by atoms with E-state index >= 15 is 0 Å². The normalized spacial score (nSPS) is 10.0. The van der Waals surface area contributed by atoms with Crippen LogP contribution in [-0.2, 0) is 6.54 Å². The molecule has 0 aliphatic rings. The van der Waals surface area contributed by atoms with Crippen LogP contribution in [0.4, 0.5) is 4.79 Å². The number of hydrogen-bond donors (Lipinski definition) is 3. The number of hydrogen-bond acceptors (Lipinski definition) is 3. The Balaban J connectivity index is 2.11. The Labute approximate surface area is 91.3 Å². The quantitative estimate of drug-likeness (QED) is 0.722. The van der Waals surface area contributed by atoms with Gasteiger partial charge in [-0.05, 0) is 18.2 Å². The lowest BCUT2D eigenvalue weighted by Crippen LogP contribution is -2.20. The molecule has 6 heteroatoms. The predicted octanol–water partition coefficient (Wildman–Crippen LogP) is 1.24. The van der Waals surface area contributed by atoms with Crippen molar-refractivity contribution in [2.45, 2.75) is 6.54 Å². The summed E-state index contributed by atoms with van der Waals surface area (Å²) in [5, 5.41) is 17.5. The zero-order valence-electron chi connectivity index (χ0n) is 8.34. The van der Waals surface area contributed by atoms with E-state index in [4.69, 9.17) is 5.11 Å². The summed E-state index contributed by atoms with van der Waals surface area (Å²) >= 11 is 0. The fraction of sp³-hybridized carbons (Fsp3) is 0.100. The summed E-state index contributed by atoms with van der Waals surface area (Å²) in [5.74, 6) is 0. The van der Waals surface area contributed by atoms with Crippen LogP contribution in [0.2, 0.25) is 0 Å². The lowest BCUT2D eigenvalue weighted by atomic mass is 10.2. The highest BCUT2D eigenvalue weighted by molar-refractivity contribution is 5.64. The van der Waals surface area contributed by atoms with Gasteiger partial charge in [0.25, 0.3) is 0 Å². The van der Waals surface area contributed by atoms with Crippen molar-refractivity contribution in [1.82, 2.24) is 20.5 Å². The molecule has 0 bridgehead atoms. The number of nitrogens with one attached hydrogen (secondary N) is 2. The molecule has 0 aromatic carbocycles. The van der Waals surface area contributed by atoms with Gasteiger partial charge in [0.2, 0.25) is 0 Å². The summed E-state index contributed by atoms with van der Waals surface area (Å²) in [6.07, 6.45) is 2.32. The van der Waals surface area contributed by atoms with Gasteiger partial charge in [-0.15, -0.1) is 0 Å². The van der Waals surface area contributed by atoms with Gasteiger partial charge in [-0.1, -0.05) is 0 Å². The number of carboxylic acid groups (broad SMARTS) is 1. The molecule has 0 unspecified atom stereocenters. The topological polar surface area (TPSA) is 90.9 Å². The number of rotatable bonds is 3. The molecule has 0 radical (unpaired) electrons. The number of H-pyrrole nitrogens is 1. The molecule has 0 spiro atoms. The molecule has 16 heavy (non-hydrogen) atoms. The predicted molar refractivity (Wildman–Crippen MR) is 56.7 cm³/mol. The Morgan fingerprint density at radius 1 is 1.56 bits per heavy atom. The van der Waals surface area contributed by atoms with E-state index in [1.54, 1.807) is 18.5 Å². The largest absolute Gasteiger partial charge is 0.465 e. The minimum atomic E-state index is -1.06. The van der Waals surface area contributed by atoms with Crippen LogP contribution < -0.4 is 5.32 Å². The molecule has 2 heterocycles. The maximum absolute atomic E-state index is 10.3. The molecule has 0 aliphatic carbocycles. The first-order valence-electron chi connectivity index (χ1n) is 4.67. The second-order valence-corrected chi connectivity index (χ2v) is 3.18. The van der Waals surface area contributed by atoms with Crippen LogP contribution in [0, 0.1) is 0 Å². The van der Waals surface area contributed by atoms with Crippen LogP contribution in [0.1, 0.15) is 5.69 Å². The number of aromatic amines is 1. The van der Waals surface area contributed by atoms with Crippen LogP contribution in [0.3, 0.4) is 0 Å². The lowest BCUT2D eigenvalue weighted by Gasteiger charge is -1.95. The first-order chi connectivity index (χ1) is 7.75. The number of aromatic nitrogens is 3. The van der Waals surface area contributed by atoms with E-state index in [-0.39, 0.29) is 6.54 Å². The van der Waals surface area contributed by atoms with Gasteiger partial charge >= 0.3 is 6.09 Å². The van der Waals surface area contributed by atoms with E-state index in [0.29, 0.717) is 5.69 Å². The van der Waals surface area contributed by atoms with Gasteiger partial charge in [0.05, 0.1) is 17.9 Å². The van der Waals surface area contributed by atoms with Crippen LogP contribution in [0.5, 0.6) is 0 Å². The summed E-state index contributed by atoms with van der Waals surface area (Å²) in [4.78, 5) is 14.3. The summed E-state index contributed by atoms with van der Waals surface area (Å²) in [6, 6.07) is 5.49. The lowest BCUT2D eigenvalue weighted by molar-refractivity contribution is 0.194. The van der Waals surface area contributed by atoms with E-state index in [0.717, 1.165) is 11.3 Å². The molecule has 3 N–H and O–H groups in total. The van der Waals surface area contributed by atoms with Gasteiger partial charge in [-0.2, -0.15) is 5.10 Å². The van der Waals surface area contributed by atoms with Gasteiger partial charge < -0.3 is 10.4 Å². The van der Waals surface area contributed by atoms with Crippen molar-refractivity contribution in [3.05, 3.63) is 36.3 Å². The number of nitrogens with zero attached hydrogens (tertiary/aromatic N) is 2. The average Bonchev–Trinajstić information content (AvgIpc) is 2.76. The molecule has 1 amide bonds. The summed E-state index contributed by atoms with van der Waals surface area (Å²) in [7, 11) is 0. The first kappa shape index (κ1) is 10.2. The molecule has 2 aromatic heterocycles. The maximum Gasteiger partial charge on any atom is 0.404 e. The molecule has 2 rings (SSSR count). The minimum Gasteiger partial charge on any atom is -0.465 e. The SMILES string of the molecule is O=C(O)NCc1cc(-c2cccnc2)n[nH]1. The molecule has 6 nitrogen and oxygen atoms in total. The molecule has 0 atom stereocenters. The molecular weight excluding hydrogens is 208 g/mol. The summed E-state index contributed by atoms with van der Waals surface area (Å²) in [6.45, 7) is 0.211. The number of pyridine rings is 1. The first-order valence-corrected chi connectivity index (χ1v) is 4.67. The molecule has 0 fully saturated rings. The Morgan fingerprint density at radius 3 is 3.12 bits per heavy atom. The fourth-order valence-electron chi connectivity index (χ4n) is 1.29. The zero-order chi connectivity index (χ0) is 11.4. The molecule has 0 saturated heterocycles. The number of amides is 1. The van der Waals surface area contributed by atoms with Crippen LogP contribution in [0.15, 0.2) is 30.6 Å². The Morgan fingerprint density at radius 2 is 2.44 bits per heavy atom. The van der Waals surface area contributed by atoms with Gasteiger partial charge in [0.1, 0.15) is 0 Å². The van der Waals surface area contributed by atoms with Gasteiger partial charge in [0, 0.05) is 18.0 Å². The maximum atomic E-state index is 10.3. The Bertz CT molecular complexity index is 481. The van der Waals surface area contributed by atoms with E-state index in [9.17, 15) is 4.79 Å². The van der Waals surface area contributed by atoms with Crippen molar-refractivity contribution >= 4 is 6.09 Å². The smallest absolute Gasteiger partial charge is 0.404 e. The third kappa shape index (κ3) is 2.35. The van der Waals surface area contributed by atoms with Crippen LogP contribution in [0.25, 0.3) is 11.3 Å². The van der Waals surface area contributed by atoms with E-state index in [2.05, 4.69) is 20.5 Å². The standard InChI is InChI=1S/C10H10N4O2/c15-10(16)12-6-8-4-9(14-13-8)7-2-1-3-11-5-7/h1-5,12H,6H2,(H,13,14)(H,15,16). The molecular formula is C10H10N4O2. The van der Waals surface area contributed by atoms with Crippen LogP contribution in [-0.4, -0.2) is 26.4 Å². The molecule has 82 valence electrons. The van der Waals surface area contributed by atoms with Crippen molar-refractivity contribution < 1.29 is 9.90 Å². The highest BCUT2D eigenvalue weighted by Crippen LogP contribution is 2.15. The van der Waals surface area contributed by atoms with Crippen LogP contribution >= 0.6 is 0 Å². The summed E-state index contributed by atoms with van der Waals surface area (Å²) in [5.41, 5.74) is 2.34. The van der Waals surface area contributed by atoms with Crippen molar-refractivity contribution in [3.63, 3.8) is 0 Å². The van der Waals surface area contributed by atoms with E-state index in [1.165, 1.54) is 0 Å². The third-order valence-corrected chi connectivity index (χ3v) is 2.02. The highest BCUT2D eigenvalue weighted by Gasteiger charge is 2.04. The van der Waals surface area contributed by atoms with Crippen molar-refractivity contribution in [3.8, 4) is 11.3 Å². The van der Waals surface area contributed by atoms with Gasteiger partial charge in [-0.25, -0.2) is 4.79 Å². The second-order valence-electron chi connectivity index (χ2n) is 3.18. The molecule has 2 aromatic rings. The number of carbonyl (C=O) groups is 1. The highest BCUT2D eigenvalue weighted by atomic mass is 16.4. The molecule has 0 saturated carbocycles. The Hall–Kier alpha value is -2.37. The second kappa shape index (κ2) is 4.43. The van der Waals surface area contributed by atoms with E-state index in [1.807, 2.05) is 12.1 Å². The molecule has 0 aliphatic heterocycles. The zero-order valence-corrected chi connectivity index (χ0v) is 8.34. The monoisotopic (exact) mass is 218 g/mol. The third-order valence-electron chi connectivity index (χ3n) is 2.02. The van der Waals surface area contributed by atoms with Gasteiger partial charge in [0.15, 0.2) is 0 Å². The summed E-state index contributed by atoms with van der Waals surface area (Å²) < 4.78 is 0. The van der Waals surface area contributed by atoms with Crippen molar-refractivity contribution in [2.24, 2.45) is 0 Å².